The second kappa shape index (κ2) is 4.80. The lowest BCUT2D eigenvalue weighted by atomic mass is 10.3. The van der Waals surface area contributed by atoms with E-state index in [9.17, 15) is 13.2 Å². The SMILES string of the molecule is CCCS(=O)(=O)c1ccc(Cl)nc1C(=O)O. The van der Waals surface area contributed by atoms with Gasteiger partial charge in [0.1, 0.15) is 10.0 Å². The van der Waals surface area contributed by atoms with Gasteiger partial charge >= 0.3 is 5.97 Å². The minimum Gasteiger partial charge on any atom is -0.476 e. The molecule has 0 unspecified atom stereocenters. The van der Waals surface area contributed by atoms with Crippen LogP contribution in [-0.4, -0.2) is 30.2 Å². The molecule has 1 rings (SSSR count). The number of hydrogen-bond donors (Lipinski definition) is 1. The molecule has 5 nitrogen and oxygen atoms in total. The van der Waals surface area contributed by atoms with Crippen molar-refractivity contribution in [1.82, 2.24) is 4.98 Å². The van der Waals surface area contributed by atoms with Crippen molar-refractivity contribution in [3.05, 3.63) is 23.0 Å². The topological polar surface area (TPSA) is 84.3 Å². The van der Waals surface area contributed by atoms with Crippen LogP contribution in [-0.2, 0) is 9.84 Å². The Balaban J connectivity index is 3.39. The molecule has 0 spiro atoms. The predicted octanol–water partition coefficient (Wildman–Crippen LogP) is 1.62. The third-order valence-corrected chi connectivity index (χ3v) is 3.99. The molecule has 1 heterocycles. The Kier molecular flexibility index (Phi) is 3.88. The van der Waals surface area contributed by atoms with Gasteiger partial charge in [0.05, 0.1) is 5.75 Å². The van der Waals surface area contributed by atoms with E-state index >= 15 is 0 Å². The number of sulfone groups is 1. The van der Waals surface area contributed by atoms with Gasteiger partial charge in [-0.2, -0.15) is 0 Å². The standard InChI is InChI=1S/C9H10ClNO4S/c1-2-5-16(14,15)6-3-4-7(10)11-8(6)9(12)13/h3-4H,2,5H2,1H3,(H,12,13). The zero-order chi connectivity index (χ0) is 12.3. The Labute approximate surface area is 98.0 Å². The molecule has 0 bridgehead atoms. The summed E-state index contributed by atoms with van der Waals surface area (Å²) in [5.74, 6) is -1.52. The molecule has 16 heavy (non-hydrogen) atoms. The normalized spacial score (nSPS) is 11.4. The van der Waals surface area contributed by atoms with Gasteiger partial charge in [0.2, 0.25) is 0 Å². The highest BCUT2D eigenvalue weighted by Crippen LogP contribution is 2.19. The summed E-state index contributed by atoms with van der Waals surface area (Å²) in [4.78, 5) is 14.1. The molecule has 0 saturated heterocycles. The minimum atomic E-state index is -3.60. The van der Waals surface area contributed by atoms with Crippen LogP contribution in [0.4, 0.5) is 0 Å². The molecular formula is C9H10ClNO4S. The molecule has 0 fully saturated rings. The third-order valence-electron chi connectivity index (χ3n) is 1.83. The van der Waals surface area contributed by atoms with E-state index < -0.39 is 21.5 Å². The van der Waals surface area contributed by atoms with E-state index in [1.54, 1.807) is 6.92 Å². The summed E-state index contributed by atoms with van der Waals surface area (Å²) in [7, 11) is -3.60. The van der Waals surface area contributed by atoms with E-state index in [-0.39, 0.29) is 15.8 Å². The van der Waals surface area contributed by atoms with Gasteiger partial charge in [-0.15, -0.1) is 0 Å². The van der Waals surface area contributed by atoms with E-state index in [0.29, 0.717) is 6.42 Å². The fraction of sp³-hybridized carbons (Fsp3) is 0.333. The first kappa shape index (κ1) is 12.9. The Bertz CT molecular complexity index is 512. The van der Waals surface area contributed by atoms with Gasteiger partial charge in [0.15, 0.2) is 15.5 Å². The first-order valence-corrected chi connectivity index (χ1v) is 6.54. The third kappa shape index (κ3) is 2.70. The van der Waals surface area contributed by atoms with Crippen LogP contribution in [0.15, 0.2) is 17.0 Å². The van der Waals surface area contributed by atoms with Crippen LogP contribution >= 0.6 is 11.6 Å². The van der Waals surface area contributed by atoms with Gasteiger partial charge in [-0.25, -0.2) is 18.2 Å². The first-order valence-electron chi connectivity index (χ1n) is 4.51. The molecule has 0 aliphatic heterocycles. The second-order valence-electron chi connectivity index (χ2n) is 3.10. The van der Waals surface area contributed by atoms with Gasteiger partial charge in [0.25, 0.3) is 0 Å². The van der Waals surface area contributed by atoms with Gasteiger partial charge in [-0.1, -0.05) is 18.5 Å². The number of nitrogens with zero attached hydrogens (tertiary/aromatic N) is 1. The maximum Gasteiger partial charge on any atom is 0.355 e. The maximum absolute atomic E-state index is 11.7. The molecule has 0 saturated carbocycles. The van der Waals surface area contributed by atoms with Crippen LogP contribution < -0.4 is 0 Å². The number of aromatic carboxylic acids is 1. The second-order valence-corrected chi connectivity index (χ2v) is 5.57. The molecular weight excluding hydrogens is 254 g/mol. The van der Waals surface area contributed by atoms with Gasteiger partial charge in [-0.05, 0) is 18.6 Å². The monoisotopic (exact) mass is 263 g/mol. The van der Waals surface area contributed by atoms with E-state index in [4.69, 9.17) is 16.7 Å². The summed E-state index contributed by atoms with van der Waals surface area (Å²) in [6.07, 6.45) is 0.407. The summed E-state index contributed by atoms with van der Waals surface area (Å²) in [5, 5.41) is 8.79. The summed E-state index contributed by atoms with van der Waals surface area (Å²) in [6, 6.07) is 2.43. The smallest absolute Gasteiger partial charge is 0.355 e. The molecule has 0 aromatic carbocycles. The summed E-state index contributed by atoms with van der Waals surface area (Å²) in [5.41, 5.74) is -0.527. The molecule has 0 aliphatic carbocycles. The van der Waals surface area contributed by atoms with E-state index in [0.717, 1.165) is 0 Å². The number of carboxylic acid groups (broad SMARTS) is 1. The Morgan fingerprint density at radius 3 is 2.62 bits per heavy atom. The summed E-state index contributed by atoms with van der Waals surface area (Å²) >= 11 is 5.52. The quantitative estimate of drug-likeness (QED) is 0.835. The first-order chi connectivity index (χ1) is 7.38. The number of halogens is 1. The Hall–Kier alpha value is -1.14. The number of pyridine rings is 1. The molecule has 7 heteroatoms. The highest BCUT2D eigenvalue weighted by molar-refractivity contribution is 7.91. The van der Waals surface area contributed by atoms with Crippen LogP contribution in [0.25, 0.3) is 0 Å². The number of carboxylic acids is 1. The molecule has 0 aliphatic rings. The molecule has 1 aromatic rings. The van der Waals surface area contributed by atoms with Crippen molar-refractivity contribution in [2.24, 2.45) is 0 Å². The lowest BCUT2D eigenvalue weighted by Crippen LogP contribution is -2.13. The lowest BCUT2D eigenvalue weighted by molar-refractivity contribution is 0.0686. The van der Waals surface area contributed by atoms with Crippen molar-refractivity contribution < 1.29 is 18.3 Å². The van der Waals surface area contributed by atoms with Crippen LogP contribution in [0.5, 0.6) is 0 Å². The molecule has 0 radical (unpaired) electrons. The van der Waals surface area contributed by atoms with Crippen LogP contribution in [0.1, 0.15) is 23.8 Å². The van der Waals surface area contributed by atoms with Crippen LogP contribution in [0.2, 0.25) is 5.15 Å². The zero-order valence-electron chi connectivity index (χ0n) is 8.47. The highest BCUT2D eigenvalue weighted by Gasteiger charge is 2.23. The Morgan fingerprint density at radius 1 is 1.50 bits per heavy atom. The highest BCUT2D eigenvalue weighted by atomic mass is 35.5. The number of aromatic nitrogens is 1. The fourth-order valence-electron chi connectivity index (χ4n) is 1.21. The van der Waals surface area contributed by atoms with Gasteiger partial charge in [0, 0.05) is 0 Å². The maximum atomic E-state index is 11.7. The molecule has 88 valence electrons. The molecule has 1 aromatic heterocycles. The predicted molar refractivity (Wildman–Crippen MR) is 58.6 cm³/mol. The van der Waals surface area contributed by atoms with Crippen molar-refractivity contribution in [3.8, 4) is 0 Å². The molecule has 0 amide bonds. The molecule has 0 atom stereocenters. The van der Waals surface area contributed by atoms with Crippen molar-refractivity contribution in [1.29, 1.82) is 0 Å². The van der Waals surface area contributed by atoms with E-state index in [2.05, 4.69) is 4.98 Å². The van der Waals surface area contributed by atoms with Crippen molar-refractivity contribution >= 4 is 27.4 Å². The van der Waals surface area contributed by atoms with E-state index in [1.807, 2.05) is 0 Å². The largest absolute Gasteiger partial charge is 0.476 e. The number of carbonyl (C=O) groups is 1. The van der Waals surface area contributed by atoms with Gasteiger partial charge < -0.3 is 5.11 Å². The molecule has 1 N–H and O–H groups in total. The van der Waals surface area contributed by atoms with Crippen LogP contribution in [0, 0.1) is 0 Å². The summed E-state index contributed by atoms with van der Waals surface area (Å²) < 4.78 is 23.4. The van der Waals surface area contributed by atoms with Crippen molar-refractivity contribution in [3.63, 3.8) is 0 Å². The Morgan fingerprint density at radius 2 is 2.12 bits per heavy atom. The number of hydrogen-bond acceptors (Lipinski definition) is 4. The fourth-order valence-corrected chi connectivity index (χ4v) is 2.81. The minimum absolute atomic E-state index is 0.0483. The zero-order valence-corrected chi connectivity index (χ0v) is 10.0. The van der Waals surface area contributed by atoms with Crippen molar-refractivity contribution in [2.75, 3.05) is 5.75 Å². The van der Waals surface area contributed by atoms with Crippen LogP contribution in [0.3, 0.4) is 0 Å². The average molecular weight is 264 g/mol. The average Bonchev–Trinajstić information content (AvgIpc) is 2.16. The lowest BCUT2D eigenvalue weighted by Gasteiger charge is -2.05. The number of rotatable bonds is 4. The van der Waals surface area contributed by atoms with E-state index in [1.165, 1.54) is 12.1 Å². The van der Waals surface area contributed by atoms with Crippen molar-refractivity contribution in [2.45, 2.75) is 18.2 Å². The van der Waals surface area contributed by atoms with Gasteiger partial charge in [-0.3, -0.25) is 0 Å². The summed E-state index contributed by atoms with van der Waals surface area (Å²) in [6.45, 7) is 1.70.